The number of allylic oxidation sites excluding steroid dienone is 8. The Morgan fingerprint density at radius 1 is 0.791 bits per heavy atom. The molecule has 1 atom stereocenters. The van der Waals surface area contributed by atoms with Gasteiger partial charge < -0.3 is 4.90 Å². The molecule has 1 unspecified atom stereocenters. The summed E-state index contributed by atoms with van der Waals surface area (Å²) in [6, 6.07) is 26.0. The molecule has 0 N–H and O–H groups in total. The van der Waals surface area contributed by atoms with Crippen molar-refractivity contribution in [2.75, 3.05) is 19.0 Å². The first-order valence-corrected chi connectivity index (χ1v) is 15.9. The van der Waals surface area contributed by atoms with Gasteiger partial charge in [-0.15, -0.1) is 11.6 Å². The third kappa shape index (κ3) is 4.33. The summed E-state index contributed by atoms with van der Waals surface area (Å²) in [4.78, 5) is 1.59. The highest BCUT2D eigenvalue weighted by Gasteiger charge is 2.44. The van der Waals surface area contributed by atoms with E-state index < -0.39 is 4.87 Å². The summed E-state index contributed by atoms with van der Waals surface area (Å²) in [5.41, 5.74) is 9.58. The van der Waals surface area contributed by atoms with Crippen molar-refractivity contribution in [3.8, 4) is 0 Å². The monoisotopic (exact) mass is 603 g/mol. The maximum Gasteiger partial charge on any atom is 0.210 e. The van der Waals surface area contributed by atoms with Crippen molar-refractivity contribution < 1.29 is 4.58 Å². The van der Waals surface area contributed by atoms with Crippen molar-refractivity contribution in [3.63, 3.8) is 0 Å². The van der Waals surface area contributed by atoms with E-state index in [1.165, 1.54) is 55.2 Å². The molecule has 4 aromatic rings. The van der Waals surface area contributed by atoms with E-state index in [4.69, 9.17) is 23.2 Å². The third-order valence-corrected chi connectivity index (χ3v) is 10.7. The van der Waals surface area contributed by atoms with E-state index in [-0.39, 0.29) is 5.41 Å². The highest BCUT2D eigenvalue weighted by atomic mass is 35.5. The second-order valence-corrected chi connectivity index (χ2v) is 13.9. The summed E-state index contributed by atoms with van der Waals surface area (Å²) in [7, 11) is 4.29. The van der Waals surface area contributed by atoms with Crippen LogP contribution in [0.3, 0.4) is 0 Å². The Bertz CT molecular complexity index is 1980. The van der Waals surface area contributed by atoms with Crippen molar-refractivity contribution in [1.82, 2.24) is 0 Å². The van der Waals surface area contributed by atoms with Crippen LogP contribution in [0.25, 0.3) is 21.5 Å². The molecule has 0 saturated heterocycles. The fourth-order valence-corrected chi connectivity index (χ4v) is 8.34. The van der Waals surface area contributed by atoms with E-state index in [2.05, 4.69) is 141 Å². The third-order valence-electron chi connectivity index (χ3n) is 9.82. The SMILES string of the molecule is CN1/C(=C/C=C2/CCCC(/C=C/C3=[N+](C)c4ccc5ccccc5c4C3(C)C)=C2Cl)C(C)(Cl)c2c1ccc1ccccc21. The normalized spacial score (nSPS) is 23.5. The Morgan fingerprint density at radius 3 is 2.16 bits per heavy atom. The molecule has 7 rings (SSSR count). The summed E-state index contributed by atoms with van der Waals surface area (Å²) in [5.74, 6) is 0. The smallest absolute Gasteiger partial charge is 0.210 e. The van der Waals surface area contributed by atoms with Gasteiger partial charge in [-0.2, -0.15) is 4.58 Å². The van der Waals surface area contributed by atoms with Crippen LogP contribution in [0.2, 0.25) is 0 Å². The number of fused-ring (bicyclic) bond motifs is 6. The van der Waals surface area contributed by atoms with Gasteiger partial charge >= 0.3 is 0 Å². The molecule has 43 heavy (non-hydrogen) atoms. The lowest BCUT2D eigenvalue weighted by Crippen LogP contribution is -2.27. The number of nitrogens with zero attached hydrogens (tertiary/aromatic N) is 2. The van der Waals surface area contributed by atoms with Crippen LogP contribution in [0.1, 0.15) is 51.2 Å². The molecular weight excluding hydrogens is 567 g/mol. The Balaban J connectivity index is 1.22. The van der Waals surface area contributed by atoms with Gasteiger partial charge in [0.05, 0.1) is 5.41 Å². The minimum Gasteiger partial charge on any atom is -0.346 e. The molecule has 0 aromatic heterocycles. The molecule has 2 heterocycles. The van der Waals surface area contributed by atoms with Gasteiger partial charge in [0.1, 0.15) is 11.9 Å². The maximum absolute atomic E-state index is 7.36. The molecule has 216 valence electrons. The molecule has 2 nitrogen and oxygen atoms in total. The molecule has 0 bridgehead atoms. The minimum absolute atomic E-state index is 0.122. The maximum atomic E-state index is 7.36. The van der Waals surface area contributed by atoms with Gasteiger partial charge in [-0.05, 0) is 90.9 Å². The molecule has 3 aliphatic rings. The van der Waals surface area contributed by atoms with Crippen LogP contribution in [-0.4, -0.2) is 24.4 Å². The average molecular weight is 605 g/mol. The van der Waals surface area contributed by atoms with Crippen LogP contribution in [0, 0.1) is 0 Å². The average Bonchev–Trinajstić information content (AvgIpc) is 3.33. The number of rotatable bonds is 3. The molecule has 2 aliphatic heterocycles. The molecule has 0 saturated carbocycles. The zero-order chi connectivity index (χ0) is 30.1. The van der Waals surface area contributed by atoms with Crippen molar-refractivity contribution in [3.05, 3.63) is 130 Å². The van der Waals surface area contributed by atoms with Crippen LogP contribution >= 0.6 is 23.2 Å². The van der Waals surface area contributed by atoms with Crippen LogP contribution < -0.4 is 4.90 Å². The van der Waals surface area contributed by atoms with Crippen molar-refractivity contribution in [1.29, 1.82) is 0 Å². The minimum atomic E-state index is -0.635. The molecule has 1 aliphatic carbocycles. The summed E-state index contributed by atoms with van der Waals surface area (Å²) in [6.45, 7) is 6.77. The van der Waals surface area contributed by atoms with E-state index in [9.17, 15) is 0 Å². The van der Waals surface area contributed by atoms with Gasteiger partial charge in [-0.1, -0.05) is 78.4 Å². The van der Waals surface area contributed by atoms with E-state index in [0.717, 1.165) is 35.7 Å². The Hall–Kier alpha value is -3.59. The first kappa shape index (κ1) is 28.2. The first-order chi connectivity index (χ1) is 20.6. The quantitative estimate of drug-likeness (QED) is 0.167. The van der Waals surface area contributed by atoms with E-state index in [0.29, 0.717) is 0 Å². The van der Waals surface area contributed by atoms with Crippen LogP contribution in [0.15, 0.2) is 119 Å². The van der Waals surface area contributed by atoms with Gasteiger partial charge in [-0.25, -0.2) is 0 Å². The zero-order valence-electron chi connectivity index (χ0n) is 25.5. The topological polar surface area (TPSA) is 6.25 Å². The first-order valence-electron chi connectivity index (χ1n) is 15.2. The fraction of sp³-hybridized carbons (Fsp3) is 0.256. The van der Waals surface area contributed by atoms with Gasteiger partial charge in [0, 0.05) is 46.7 Å². The Labute approximate surface area is 264 Å². The Morgan fingerprint density at radius 2 is 1.44 bits per heavy atom. The molecule has 4 heteroatoms. The van der Waals surface area contributed by atoms with Crippen molar-refractivity contribution in [2.45, 2.75) is 50.3 Å². The van der Waals surface area contributed by atoms with Crippen LogP contribution in [0.4, 0.5) is 11.4 Å². The van der Waals surface area contributed by atoms with Gasteiger partial charge in [0.25, 0.3) is 0 Å². The second-order valence-electron chi connectivity index (χ2n) is 12.8. The van der Waals surface area contributed by atoms with Crippen molar-refractivity contribution in [2.24, 2.45) is 0 Å². The molecule has 0 amide bonds. The lowest BCUT2D eigenvalue weighted by molar-refractivity contribution is -0.401. The lowest BCUT2D eigenvalue weighted by atomic mass is 9.79. The lowest BCUT2D eigenvalue weighted by Gasteiger charge is -2.22. The number of halogens is 2. The summed E-state index contributed by atoms with van der Waals surface area (Å²) < 4.78 is 2.34. The number of likely N-dealkylation sites (N-methyl/N-ethyl adjacent to an activating group) is 1. The summed E-state index contributed by atoms with van der Waals surface area (Å²) in [5, 5.41) is 5.89. The molecular formula is C39H37Cl2N2+. The standard InChI is InChI=1S/C39H37Cl2N2/c1-38(2)33(42(4)31-21-17-25-11-6-8-15-29(25)35(31)38)23-19-27-13-10-14-28(37(27)40)20-24-34-39(3,41)36-30-16-9-7-12-26(30)18-22-32(36)43(34)5/h6-9,11-12,15-24H,10,13-14H2,1-5H3/q+1. The Kier molecular flexibility index (Phi) is 6.72. The molecule has 4 aromatic carbocycles. The highest BCUT2D eigenvalue weighted by Crippen LogP contribution is 2.53. The van der Waals surface area contributed by atoms with E-state index in [1.54, 1.807) is 0 Å². The van der Waals surface area contributed by atoms with Gasteiger partial charge in [0.15, 0.2) is 5.71 Å². The number of anilines is 1. The largest absolute Gasteiger partial charge is 0.346 e. The van der Waals surface area contributed by atoms with Gasteiger partial charge in [0.2, 0.25) is 5.69 Å². The zero-order valence-corrected chi connectivity index (χ0v) is 27.0. The van der Waals surface area contributed by atoms with Crippen LogP contribution in [-0.2, 0) is 10.3 Å². The summed E-state index contributed by atoms with van der Waals surface area (Å²) >= 11 is 14.5. The predicted octanol–water partition coefficient (Wildman–Crippen LogP) is 10.6. The number of benzene rings is 4. The molecule has 0 fully saturated rings. The van der Waals surface area contributed by atoms with Crippen LogP contribution in [0.5, 0.6) is 0 Å². The van der Waals surface area contributed by atoms with Gasteiger partial charge in [-0.3, -0.25) is 0 Å². The van der Waals surface area contributed by atoms with E-state index >= 15 is 0 Å². The second kappa shape index (κ2) is 10.3. The van der Waals surface area contributed by atoms with E-state index in [1.807, 2.05) is 0 Å². The molecule has 0 spiro atoms. The highest BCUT2D eigenvalue weighted by molar-refractivity contribution is 6.32. The predicted molar refractivity (Wildman–Crippen MR) is 185 cm³/mol. The summed E-state index contributed by atoms with van der Waals surface area (Å²) in [6.07, 6.45) is 11.9. The fourth-order valence-electron chi connectivity index (χ4n) is 7.63. The number of hydrogen-bond donors (Lipinski definition) is 0. The molecule has 0 radical (unpaired) electrons. The number of alkyl halides is 1. The van der Waals surface area contributed by atoms with Crippen molar-refractivity contribution >= 4 is 61.8 Å². The number of hydrogen-bond acceptors (Lipinski definition) is 1.